The van der Waals surface area contributed by atoms with E-state index in [-0.39, 0.29) is 21.7 Å². The average Bonchev–Trinajstić information content (AvgIpc) is 0.838. The predicted molar refractivity (Wildman–Crippen MR) is 443 cm³/mol. The molecule has 0 radical (unpaired) electrons. The van der Waals surface area contributed by atoms with Crippen LogP contribution in [0, 0.1) is 31.6 Å². The van der Waals surface area contributed by atoms with Crippen molar-refractivity contribution < 1.29 is 18.9 Å². The Kier molecular flexibility index (Phi) is 38.1. The minimum absolute atomic E-state index is 0.102. The molecule has 572 valence electrons. The first kappa shape index (κ1) is 88.3. The molecule has 0 bridgehead atoms. The van der Waals surface area contributed by atoms with Gasteiger partial charge in [-0.2, -0.15) is 0 Å². The van der Waals surface area contributed by atoms with E-state index in [0.717, 1.165) is 113 Å². The first-order chi connectivity index (χ1) is 48.2. The summed E-state index contributed by atoms with van der Waals surface area (Å²) in [6, 6.07) is 37.6. The molecule has 4 aromatic carbocycles. The summed E-state index contributed by atoms with van der Waals surface area (Å²) in [5.74, 6) is 3.44. The summed E-state index contributed by atoms with van der Waals surface area (Å²) in [6.45, 7) is 50.0. The summed E-state index contributed by atoms with van der Waals surface area (Å²) in [4.78, 5) is 10.3. The van der Waals surface area contributed by atoms with Crippen LogP contribution in [0.2, 0.25) is 5.02 Å². The van der Waals surface area contributed by atoms with E-state index in [1.807, 2.05) is 12.1 Å². The van der Waals surface area contributed by atoms with E-state index in [1.54, 1.807) is 7.11 Å². The molecule has 0 N–H and O–H groups in total. The SMILES string of the molecule is CC(C)=CC(CC(C)(C)c1ccc(C)cc1)N(C)C1CCOCC1.CC(C)=CC(CC(C)(C)c1ccc(C)cc1)N(C)CC1CCOCC1.CC(C)=CC(CC(C)(C)c1ccc(Cl)cc1)N(C)CC1CCOCC1.COc1ccc(C(C)(C)CC(C=C(C)C)N(C)CCCC2CCCCC2)cc1. The van der Waals surface area contributed by atoms with Crippen LogP contribution in [0.15, 0.2) is 144 Å². The van der Waals surface area contributed by atoms with Crippen molar-refractivity contribution in [2.75, 3.05) is 94.6 Å². The topological polar surface area (TPSA) is 49.9 Å². The number of methoxy groups -OCH3 is 1. The van der Waals surface area contributed by atoms with Crippen LogP contribution in [-0.4, -0.2) is 144 Å². The van der Waals surface area contributed by atoms with Crippen molar-refractivity contribution in [3.63, 3.8) is 0 Å². The van der Waals surface area contributed by atoms with Crippen molar-refractivity contribution >= 4 is 11.6 Å². The third kappa shape index (κ3) is 32.0. The van der Waals surface area contributed by atoms with Gasteiger partial charge in [0.25, 0.3) is 0 Å². The number of ether oxygens (including phenoxy) is 4. The molecule has 3 saturated heterocycles. The monoisotopic (exact) mass is 1420 g/mol. The van der Waals surface area contributed by atoms with Gasteiger partial charge in [-0.05, 0) is 267 Å². The zero-order chi connectivity index (χ0) is 75.2. The van der Waals surface area contributed by atoms with Crippen LogP contribution in [0.5, 0.6) is 5.75 Å². The maximum absolute atomic E-state index is 6.07. The second-order valence-corrected chi connectivity index (χ2v) is 35.6. The van der Waals surface area contributed by atoms with Gasteiger partial charge in [-0.3, -0.25) is 19.6 Å². The van der Waals surface area contributed by atoms with Gasteiger partial charge in [0.15, 0.2) is 0 Å². The molecule has 0 aromatic heterocycles. The van der Waals surface area contributed by atoms with Crippen LogP contribution in [-0.2, 0) is 35.9 Å². The quantitative estimate of drug-likeness (QED) is 0.0479. The number of hydrogen-bond donors (Lipinski definition) is 0. The van der Waals surface area contributed by atoms with E-state index < -0.39 is 0 Å². The molecule has 4 unspecified atom stereocenters. The van der Waals surface area contributed by atoms with Crippen molar-refractivity contribution in [2.45, 2.75) is 286 Å². The lowest BCUT2D eigenvalue weighted by Crippen LogP contribution is -2.44. The molecule has 4 fully saturated rings. The zero-order valence-electron chi connectivity index (χ0n) is 69.4. The number of hydrogen-bond acceptors (Lipinski definition) is 8. The summed E-state index contributed by atoms with van der Waals surface area (Å²) in [6.07, 6.45) is 31.4. The highest BCUT2D eigenvalue weighted by molar-refractivity contribution is 6.30. The zero-order valence-corrected chi connectivity index (χ0v) is 70.1. The Labute approximate surface area is 632 Å². The Morgan fingerprint density at radius 3 is 1.09 bits per heavy atom. The molecule has 8 nitrogen and oxygen atoms in total. The van der Waals surface area contributed by atoms with Gasteiger partial charge in [-0.15, -0.1) is 0 Å². The largest absolute Gasteiger partial charge is 0.497 e. The Balaban J connectivity index is 0.000000245. The first-order valence-corrected chi connectivity index (χ1v) is 40.3. The molecule has 1 saturated carbocycles. The first-order valence-electron chi connectivity index (χ1n) is 39.9. The summed E-state index contributed by atoms with van der Waals surface area (Å²) in [5, 5.41) is 0.803. The Morgan fingerprint density at radius 1 is 0.422 bits per heavy atom. The van der Waals surface area contributed by atoms with E-state index in [2.05, 4.69) is 282 Å². The second-order valence-electron chi connectivity index (χ2n) is 35.2. The summed E-state index contributed by atoms with van der Waals surface area (Å²) in [5.41, 5.74) is 14.4. The molecule has 8 rings (SSSR count). The molecule has 4 atom stereocenters. The van der Waals surface area contributed by atoms with Crippen LogP contribution in [0.3, 0.4) is 0 Å². The number of allylic oxidation sites excluding steroid dienone is 4. The average molecular weight is 1420 g/mol. The molecular formula is C93H149ClN4O4. The lowest BCUT2D eigenvalue weighted by Gasteiger charge is -2.40. The number of nitrogens with zero attached hydrogens (tertiary/aromatic N) is 4. The number of aryl methyl sites for hydroxylation is 2. The van der Waals surface area contributed by atoms with Crippen LogP contribution in [0.25, 0.3) is 0 Å². The van der Waals surface area contributed by atoms with Gasteiger partial charge in [-0.1, -0.05) is 230 Å². The lowest BCUT2D eigenvalue weighted by atomic mass is 9.78. The maximum atomic E-state index is 6.07. The maximum Gasteiger partial charge on any atom is 0.118 e. The van der Waals surface area contributed by atoms with Gasteiger partial charge in [0.1, 0.15) is 5.75 Å². The molecule has 0 amide bonds. The Morgan fingerprint density at radius 2 is 0.735 bits per heavy atom. The minimum atomic E-state index is 0.102. The highest BCUT2D eigenvalue weighted by Gasteiger charge is 2.33. The van der Waals surface area contributed by atoms with Crippen LogP contribution in [0.4, 0.5) is 0 Å². The third-order valence-corrected chi connectivity index (χ3v) is 23.0. The second kappa shape index (κ2) is 44.1. The molecule has 3 heterocycles. The molecule has 0 spiro atoms. The van der Waals surface area contributed by atoms with Crippen molar-refractivity contribution in [3.8, 4) is 5.75 Å². The molecule has 9 heteroatoms. The fourth-order valence-electron chi connectivity index (χ4n) is 16.0. The number of halogens is 1. The van der Waals surface area contributed by atoms with Gasteiger partial charge in [-0.25, -0.2) is 0 Å². The highest BCUT2D eigenvalue weighted by atomic mass is 35.5. The van der Waals surface area contributed by atoms with E-state index in [4.69, 9.17) is 30.5 Å². The fraction of sp³-hybridized carbons (Fsp3) is 0.656. The number of likely N-dealkylation sites (N-methyl/N-ethyl adjacent to an activating group) is 4. The van der Waals surface area contributed by atoms with Gasteiger partial charge in [0.2, 0.25) is 0 Å². The third-order valence-electron chi connectivity index (χ3n) is 22.8. The van der Waals surface area contributed by atoms with E-state index in [0.29, 0.717) is 30.2 Å². The van der Waals surface area contributed by atoms with E-state index in [1.165, 1.54) is 139 Å². The molecule has 4 aromatic rings. The van der Waals surface area contributed by atoms with Crippen LogP contribution < -0.4 is 4.74 Å². The molecule has 3 aliphatic heterocycles. The minimum Gasteiger partial charge on any atom is -0.497 e. The molecule has 4 aliphatic rings. The van der Waals surface area contributed by atoms with Gasteiger partial charge >= 0.3 is 0 Å². The lowest BCUT2D eigenvalue weighted by molar-refractivity contribution is 0.0313. The molecule has 102 heavy (non-hydrogen) atoms. The van der Waals surface area contributed by atoms with Crippen molar-refractivity contribution in [1.82, 2.24) is 19.6 Å². The Bertz CT molecular complexity index is 2960. The fourth-order valence-corrected chi connectivity index (χ4v) is 16.1. The van der Waals surface area contributed by atoms with Gasteiger partial charge in [0.05, 0.1) is 7.11 Å². The molecule has 1 aliphatic carbocycles. The highest BCUT2D eigenvalue weighted by Crippen LogP contribution is 2.37. The van der Waals surface area contributed by atoms with Crippen LogP contribution >= 0.6 is 11.6 Å². The van der Waals surface area contributed by atoms with E-state index >= 15 is 0 Å². The van der Waals surface area contributed by atoms with Crippen molar-refractivity contribution in [2.24, 2.45) is 17.8 Å². The standard InChI is InChI=1S/C26H43NO.C23H37NO.C22H34ClNO.C22H35NO/c1-21(2)19-24(27(5)18-10-13-22-11-8-7-9-12-22)20-26(3,4)23-14-16-25(28-6)17-15-23;1-18(2)15-22(24(6)17-20-11-13-25-14-12-20)16-23(4,5)21-9-7-19(3)8-10-21;1-17(2)14-21(24(5)16-18-10-12-25-13-11-18)15-22(3,4)19-6-8-20(23)9-7-19;1-17(2)15-21(23(6)20-11-13-24-14-12-20)16-22(4,5)19-9-7-18(3)8-10-19/h14-17,19,22,24H,7-13,18,20H2,1-6H3;7-10,15,20,22H,11-14,16-17H2,1-6H3;6-9,14,18,21H,10-13,15-16H2,1-5H3;7-10,15,20-21H,11-14,16H2,1-6H3. The number of rotatable bonds is 30. The number of benzene rings is 4. The van der Waals surface area contributed by atoms with Crippen molar-refractivity contribution in [3.05, 3.63) is 182 Å². The smallest absolute Gasteiger partial charge is 0.118 e. The Hall–Kier alpha value is -4.35. The van der Waals surface area contributed by atoms with Crippen molar-refractivity contribution in [1.29, 1.82) is 0 Å². The van der Waals surface area contributed by atoms with Crippen LogP contribution in [0.1, 0.15) is 253 Å². The van der Waals surface area contributed by atoms with Gasteiger partial charge in [0, 0.05) is 88.0 Å². The normalized spacial score (nSPS) is 17.4. The summed E-state index contributed by atoms with van der Waals surface area (Å²) in [7, 11) is 10.9. The summed E-state index contributed by atoms with van der Waals surface area (Å²) < 4.78 is 21.9. The summed E-state index contributed by atoms with van der Waals surface area (Å²) >= 11 is 6.07. The van der Waals surface area contributed by atoms with E-state index in [9.17, 15) is 0 Å². The predicted octanol–water partition coefficient (Wildman–Crippen LogP) is 23.2. The molecular weight excluding hydrogens is 1270 g/mol. The van der Waals surface area contributed by atoms with Gasteiger partial charge < -0.3 is 18.9 Å².